The van der Waals surface area contributed by atoms with Crippen molar-refractivity contribution in [3.63, 3.8) is 0 Å². The molecule has 0 atom stereocenters. The number of benzene rings is 2. The number of H-pyrrole nitrogens is 1. The number of hydrogen-bond donors (Lipinski definition) is 1. The van der Waals surface area contributed by atoms with Crippen LogP contribution in [0.5, 0.6) is 0 Å². The van der Waals surface area contributed by atoms with E-state index in [4.69, 9.17) is 0 Å². The van der Waals surface area contributed by atoms with Gasteiger partial charge in [0, 0.05) is 11.6 Å². The van der Waals surface area contributed by atoms with E-state index < -0.39 is 0 Å². The maximum Gasteiger partial charge on any atom is 0.266 e. The van der Waals surface area contributed by atoms with Gasteiger partial charge in [0.05, 0.1) is 9.20 Å². The summed E-state index contributed by atoms with van der Waals surface area (Å²) in [7, 11) is 0. The van der Waals surface area contributed by atoms with Crippen molar-refractivity contribution in [2.24, 2.45) is 0 Å². The topological polar surface area (TPSA) is 49.9 Å². The highest BCUT2D eigenvalue weighted by Gasteiger charge is 2.05. The van der Waals surface area contributed by atoms with E-state index in [1.54, 1.807) is 6.07 Å². The van der Waals surface area contributed by atoms with Gasteiger partial charge in [0.1, 0.15) is 0 Å². The molecule has 3 nitrogen and oxygen atoms in total. The number of aromatic amines is 1. The van der Waals surface area contributed by atoms with Crippen LogP contribution in [-0.4, -0.2) is 10.8 Å². The number of carbonyl (C=O) groups is 1. The standard InChI is InChI=1S/C20H17NO2S/c1-13-6-5-8-15(10-13)11-18-20(23)21-19(24-18)12-17(22)16-9-4-3-7-14(16)2/h3-12H,1-2H3,(H,21,23)/b18-11-,19-12-. The minimum atomic E-state index is -0.176. The van der Waals surface area contributed by atoms with E-state index in [2.05, 4.69) is 4.98 Å². The van der Waals surface area contributed by atoms with E-state index in [0.29, 0.717) is 14.8 Å². The third-order valence-electron chi connectivity index (χ3n) is 3.69. The Morgan fingerprint density at radius 1 is 1.08 bits per heavy atom. The first-order valence-corrected chi connectivity index (χ1v) is 8.44. The zero-order valence-electron chi connectivity index (χ0n) is 13.5. The highest BCUT2D eigenvalue weighted by atomic mass is 32.1. The summed E-state index contributed by atoms with van der Waals surface area (Å²) in [6.45, 7) is 3.91. The molecule has 4 heteroatoms. The number of hydrogen-bond acceptors (Lipinski definition) is 3. The second kappa shape index (κ2) is 6.81. The van der Waals surface area contributed by atoms with Crippen molar-refractivity contribution in [3.05, 3.63) is 90.3 Å². The molecule has 24 heavy (non-hydrogen) atoms. The Morgan fingerprint density at radius 3 is 2.62 bits per heavy atom. The fourth-order valence-electron chi connectivity index (χ4n) is 2.48. The van der Waals surface area contributed by atoms with Crippen molar-refractivity contribution in [3.8, 4) is 0 Å². The quantitative estimate of drug-likeness (QED) is 0.748. The molecule has 0 radical (unpaired) electrons. The van der Waals surface area contributed by atoms with Crippen LogP contribution in [0.25, 0.3) is 12.2 Å². The summed E-state index contributed by atoms with van der Waals surface area (Å²) in [5.74, 6) is -0.104. The van der Waals surface area contributed by atoms with Crippen molar-refractivity contribution in [1.29, 1.82) is 0 Å². The van der Waals surface area contributed by atoms with Crippen LogP contribution >= 0.6 is 11.3 Å². The summed E-state index contributed by atoms with van der Waals surface area (Å²) in [5, 5.41) is 0. The molecule has 0 aliphatic carbocycles. The third kappa shape index (κ3) is 3.60. The summed E-state index contributed by atoms with van der Waals surface area (Å²) in [6.07, 6.45) is 3.33. The van der Waals surface area contributed by atoms with Crippen molar-refractivity contribution in [2.75, 3.05) is 0 Å². The van der Waals surface area contributed by atoms with Crippen LogP contribution in [0.1, 0.15) is 27.0 Å². The molecule has 0 fully saturated rings. The average molecular weight is 335 g/mol. The maximum absolute atomic E-state index is 12.4. The van der Waals surface area contributed by atoms with Gasteiger partial charge >= 0.3 is 0 Å². The van der Waals surface area contributed by atoms with E-state index in [9.17, 15) is 9.59 Å². The van der Waals surface area contributed by atoms with E-state index in [-0.39, 0.29) is 11.3 Å². The van der Waals surface area contributed by atoms with Gasteiger partial charge in [-0.1, -0.05) is 54.1 Å². The summed E-state index contributed by atoms with van der Waals surface area (Å²) in [6, 6.07) is 15.4. The Balaban J connectivity index is 2.02. The molecule has 1 heterocycles. The zero-order valence-corrected chi connectivity index (χ0v) is 14.3. The van der Waals surface area contributed by atoms with Gasteiger partial charge in [0.2, 0.25) is 0 Å². The molecule has 120 valence electrons. The molecule has 0 saturated heterocycles. The highest BCUT2D eigenvalue weighted by Crippen LogP contribution is 2.08. The van der Waals surface area contributed by atoms with Crippen LogP contribution in [0.4, 0.5) is 0 Å². The molecular weight excluding hydrogens is 318 g/mol. The van der Waals surface area contributed by atoms with E-state index >= 15 is 0 Å². The molecule has 0 aliphatic heterocycles. The maximum atomic E-state index is 12.4. The molecule has 0 unspecified atom stereocenters. The van der Waals surface area contributed by atoms with Gasteiger partial charge in [-0.2, -0.15) is 0 Å². The fourth-order valence-corrected chi connectivity index (χ4v) is 3.37. The molecule has 2 aromatic carbocycles. The molecule has 1 aromatic heterocycles. The number of Topliss-reactive ketones (excluding diaryl/α,β-unsaturated/α-hetero) is 1. The van der Waals surface area contributed by atoms with Gasteiger partial charge in [-0.05, 0) is 31.1 Å². The SMILES string of the molecule is Cc1cccc(/C=c2\s/c(=C\C(=O)c3ccccc3C)[nH]c2=O)c1. The van der Waals surface area contributed by atoms with Gasteiger partial charge in [-0.3, -0.25) is 9.59 Å². The molecule has 0 bridgehead atoms. The average Bonchev–Trinajstić information content (AvgIpc) is 2.87. The van der Waals surface area contributed by atoms with Crippen LogP contribution in [0, 0.1) is 13.8 Å². The Morgan fingerprint density at radius 2 is 1.88 bits per heavy atom. The molecule has 3 rings (SSSR count). The Bertz CT molecular complexity index is 1070. The van der Waals surface area contributed by atoms with Gasteiger partial charge < -0.3 is 4.98 Å². The lowest BCUT2D eigenvalue weighted by Crippen LogP contribution is -2.20. The minimum absolute atomic E-state index is 0.104. The number of aryl methyl sites for hydroxylation is 2. The lowest BCUT2D eigenvalue weighted by molar-refractivity contribution is 0.106. The van der Waals surface area contributed by atoms with Crippen molar-refractivity contribution in [2.45, 2.75) is 13.8 Å². The predicted octanol–water partition coefficient (Wildman–Crippen LogP) is 2.55. The molecule has 3 aromatic rings. The lowest BCUT2D eigenvalue weighted by atomic mass is 10.1. The Labute approximate surface area is 143 Å². The summed E-state index contributed by atoms with van der Waals surface area (Å²) in [4.78, 5) is 27.2. The van der Waals surface area contributed by atoms with Gasteiger partial charge in [0.15, 0.2) is 5.78 Å². The van der Waals surface area contributed by atoms with E-state index in [1.807, 2.05) is 62.4 Å². The lowest BCUT2D eigenvalue weighted by Gasteiger charge is -1.99. The van der Waals surface area contributed by atoms with Gasteiger partial charge in [-0.25, -0.2) is 0 Å². The van der Waals surface area contributed by atoms with Gasteiger partial charge in [-0.15, -0.1) is 11.3 Å². The molecule has 0 aliphatic rings. The highest BCUT2D eigenvalue weighted by molar-refractivity contribution is 7.07. The summed E-state index contributed by atoms with van der Waals surface area (Å²) < 4.78 is 1.15. The molecule has 0 spiro atoms. The first-order valence-electron chi connectivity index (χ1n) is 7.62. The van der Waals surface area contributed by atoms with Crippen molar-refractivity contribution >= 4 is 29.3 Å². The minimum Gasteiger partial charge on any atom is -0.313 e. The number of aromatic nitrogens is 1. The van der Waals surface area contributed by atoms with Crippen molar-refractivity contribution < 1.29 is 4.79 Å². The second-order valence-electron chi connectivity index (χ2n) is 5.67. The number of ketones is 1. The monoisotopic (exact) mass is 335 g/mol. The first-order chi connectivity index (χ1) is 11.5. The van der Waals surface area contributed by atoms with Crippen molar-refractivity contribution in [1.82, 2.24) is 4.98 Å². The van der Waals surface area contributed by atoms with Crippen LogP contribution < -0.4 is 14.8 Å². The summed E-state index contributed by atoms with van der Waals surface area (Å²) >= 11 is 1.29. The second-order valence-corrected chi connectivity index (χ2v) is 6.75. The zero-order chi connectivity index (χ0) is 17.1. The smallest absolute Gasteiger partial charge is 0.266 e. The summed E-state index contributed by atoms with van der Waals surface area (Å²) in [5.41, 5.74) is 3.50. The molecular formula is C20H17NO2S. The normalized spacial score (nSPS) is 12.6. The van der Waals surface area contributed by atoms with Crippen LogP contribution in [0.2, 0.25) is 0 Å². The number of nitrogens with one attached hydrogen (secondary N) is 1. The predicted molar refractivity (Wildman–Crippen MR) is 98.9 cm³/mol. The third-order valence-corrected chi connectivity index (χ3v) is 4.66. The largest absolute Gasteiger partial charge is 0.313 e. The fraction of sp³-hybridized carbons (Fsp3) is 0.100. The van der Waals surface area contributed by atoms with E-state index in [0.717, 1.165) is 16.7 Å². The Hall–Kier alpha value is -2.72. The van der Waals surface area contributed by atoms with Crippen LogP contribution in [0.15, 0.2) is 53.3 Å². The molecule has 0 saturated carbocycles. The molecule has 1 N–H and O–H groups in total. The first kappa shape index (κ1) is 16.1. The van der Waals surface area contributed by atoms with Crippen LogP contribution in [-0.2, 0) is 0 Å². The Kier molecular flexibility index (Phi) is 4.58. The van der Waals surface area contributed by atoms with Gasteiger partial charge in [0.25, 0.3) is 5.56 Å². The van der Waals surface area contributed by atoms with E-state index in [1.165, 1.54) is 17.4 Å². The number of rotatable bonds is 3. The number of thiazole rings is 1. The van der Waals surface area contributed by atoms with Crippen LogP contribution in [0.3, 0.4) is 0 Å². The number of carbonyl (C=O) groups excluding carboxylic acids is 1. The molecule has 0 amide bonds.